The molecule has 0 amide bonds. The summed E-state index contributed by atoms with van der Waals surface area (Å²) in [5.74, 6) is 0. The highest BCUT2D eigenvalue weighted by Gasteiger charge is 2.41. The zero-order chi connectivity index (χ0) is 15.5. The molecule has 2 rings (SSSR count). The van der Waals surface area contributed by atoms with Crippen LogP contribution in [0.1, 0.15) is 80.7 Å². The molecule has 1 aliphatic carbocycles. The van der Waals surface area contributed by atoms with E-state index in [1.807, 2.05) is 0 Å². The second kappa shape index (κ2) is 6.96. The lowest BCUT2D eigenvalue weighted by molar-refractivity contribution is 0.186. The molecule has 1 fully saturated rings. The Bertz CT molecular complexity index is 446. The van der Waals surface area contributed by atoms with Crippen LogP contribution < -0.4 is 5.32 Å². The average Bonchev–Trinajstić information content (AvgIpc) is 2.91. The molecule has 1 heteroatoms. The van der Waals surface area contributed by atoms with Crippen LogP contribution in [0.4, 0.5) is 0 Å². The van der Waals surface area contributed by atoms with E-state index in [0.717, 1.165) is 6.54 Å². The van der Waals surface area contributed by atoms with Crippen LogP contribution in [0.2, 0.25) is 0 Å². The van der Waals surface area contributed by atoms with Gasteiger partial charge < -0.3 is 5.32 Å². The molecule has 0 bridgehead atoms. The molecular formula is C20H33N. The Morgan fingerprint density at radius 2 is 1.62 bits per heavy atom. The SMILES string of the molecule is CCCNC(c1c(C)cc(C)cc1C)C1(CC)CCCC1. The average molecular weight is 287 g/mol. The summed E-state index contributed by atoms with van der Waals surface area (Å²) < 4.78 is 0. The largest absolute Gasteiger partial charge is 0.309 e. The van der Waals surface area contributed by atoms with Gasteiger partial charge in [-0.25, -0.2) is 0 Å². The van der Waals surface area contributed by atoms with Gasteiger partial charge in [0.15, 0.2) is 0 Å². The summed E-state index contributed by atoms with van der Waals surface area (Å²) in [6, 6.07) is 5.26. The highest BCUT2D eigenvalue weighted by Crippen LogP contribution is 2.51. The third-order valence-corrected chi connectivity index (χ3v) is 5.54. The summed E-state index contributed by atoms with van der Waals surface area (Å²) >= 11 is 0. The number of hydrogen-bond acceptors (Lipinski definition) is 1. The molecule has 1 saturated carbocycles. The molecule has 1 atom stereocenters. The first-order valence-corrected chi connectivity index (χ1v) is 8.85. The fourth-order valence-corrected chi connectivity index (χ4v) is 4.49. The van der Waals surface area contributed by atoms with Crippen LogP contribution in [0.25, 0.3) is 0 Å². The molecule has 118 valence electrons. The van der Waals surface area contributed by atoms with Gasteiger partial charge in [0, 0.05) is 6.04 Å². The van der Waals surface area contributed by atoms with Crippen molar-refractivity contribution >= 4 is 0 Å². The van der Waals surface area contributed by atoms with Crippen LogP contribution >= 0.6 is 0 Å². The Balaban J connectivity index is 2.45. The molecule has 1 unspecified atom stereocenters. The first-order valence-electron chi connectivity index (χ1n) is 8.85. The first kappa shape index (κ1) is 16.5. The minimum Gasteiger partial charge on any atom is -0.309 e. The lowest BCUT2D eigenvalue weighted by Crippen LogP contribution is -2.37. The van der Waals surface area contributed by atoms with Crippen molar-refractivity contribution in [1.29, 1.82) is 0 Å². The van der Waals surface area contributed by atoms with Crippen molar-refractivity contribution in [2.45, 2.75) is 79.2 Å². The molecule has 0 aromatic heterocycles. The molecule has 0 aliphatic heterocycles. The number of benzene rings is 1. The van der Waals surface area contributed by atoms with Gasteiger partial charge in [-0.1, -0.05) is 44.4 Å². The molecule has 0 saturated heterocycles. The van der Waals surface area contributed by atoms with E-state index in [1.165, 1.54) is 55.2 Å². The highest BCUT2D eigenvalue weighted by atomic mass is 14.9. The molecule has 1 aromatic carbocycles. The van der Waals surface area contributed by atoms with Gasteiger partial charge in [0.2, 0.25) is 0 Å². The zero-order valence-electron chi connectivity index (χ0n) is 14.7. The Labute approximate surface area is 131 Å². The fraction of sp³-hybridized carbons (Fsp3) is 0.700. The second-order valence-corrected chi connectivity index (χ2v) is 7.12. The maximum atomic E-state index is 3.92. The Morgan fingerprint density at radius 1 is 1.05 bits per heavy atom. The number of hydrogen-bond donors (Lipinski definition) is 1. The number of nitrogens with one attached hydrogen (secondary N) is 1. The van der Waals surface area contributed by atoms with Crippen molar-refractivity contribution in [2.24, 2.45) is 5.41 Å². The maximum absolute atomic E-state index is 3.92. The van der Waals surface area contributed by atoms with E-state index in [9.17, 15) is 0 Å². The van der Waals surface area contributed by atoms with Crippen molar-refractivity contribution in [2.75, 3.05) is 6.54 Å². The van der Waals surface area contributed by atoms with Crippen molar-refractivity contribution in [3.05, 3.63) is 34.4 Å². The predicted octanol–water partition coefficient (Wildman–Crippen LogP) is 5.62. The molecule has 0 heterocycles. The summed E-state index contributed by atoms with van der Waals surface area (Å²) in [4.78, 5) is 0. The lowest BCUT2D eigenvalue weighted by Gasteiger charge is -2.40. The monoisotopic (exact) mass is 287 g/mol. The molecule has 21 heavy (non-hydrogen) atoms. The molecule has 1 N–H and O–H groups in total. The zero-order valence-corrected chi connectivity index (χ0v) is 14.7. The van der Waals surface area contributed by atoms with Gasteiger partial charge in [-0.2, -0.15) is 0 Å². The van der Waals surface area contributed by atoms with Gasteiger partial charge in [0.25, 0.3) is 0 Å². The Hall–Kier alpha value is -0.820. The van der Waals surface area contributed by atoms with Crippen molar-refractivity contribution in [1.82, 2.24) is 5.32 Å². The standard InChI is InChI=1S/C20H33N/c1-6-12-21-19(20(7-2)10-8-9-11-20)18-16(4)13-15(3)14-17(18)5/h13-14,19,21H,6-12H2,1-5H3. The maximum Gasteiger partial charge on any atom is 0.0382 e. The van der Waals surface area contributed by atoms with E-state index < -0.39 is 0 Å². The third kappa shape index (κ3) is 3.34. The van der Waals surface area contributed by atoms with E-state index in [1.54, 1.807) is 5.56 Å². The molecular weight excluding hydrogens is 254 g/mol. The topological polar surface area (TPSA) is 12.0 Å². The van der Waals surface area contributed by atoms with E-state index in [2.05, 4.69) is 52.1 Å². The van der Waals surface area contributed by atoms with E-state index in [-0.39, 0.29) is 0 Å². The second-order valence-electron chi connectivity index (χ2n) is 7.12. The quantitative estimate of drug-likeness (QED) is 0.715. The van der Waals surface area contributed by atoms with Gasteiger partial charge in [0.1, 0.15) is 0 Å². The highest BCUT2D eigenvalue weighted by molar-refractivity contribution is 5.41. The van der Waals surface area contributed by atoms with Crippen molar-refractivity contribution in [3.63, 3.8) is 0 Å². The molecule has 1 aliphatic rings. The van der Waals surface area contributed by atoms with Crippen LogP contribution in [0.3, 0.4) is 0 Å². The third-order valence-electron chi connectivity index (χ3n) is 5.54. The van der Waals surface area contributed by atoms with Gasteiger partial charge >= 0.3 is 0 Å². The Kier molecular flexibility index (Phi) is 5.48. The summed E-state index contributed by atoms with van der Waals surface area (Å²) in [6.45, 7) is 12.6. The van der Waals surface area contributed by atoms with Crippen LogP contribution in [-0.2, 0) is 0 Å². The molecule has 0 radical (unpaired) electrons. The van der Waals surface area contributed by atoms with E-state index in [0.29, 0.717) is 11.5 Å². The summed E-state index contributed by atoms with van der Waals surface area (Å²) in [5.41, 5.74) is 6.39. The number of aryl methyl sites for hydroxylation is 3. The van der Waals surface area contributed by atoms with Crippen molar-refractivity contribution in [3.8, 4) is 0 Å². The minimum absolute atomic E-state index is 0.472. The van der Waals surface area contributed by atoms with E-state index >= 15 is 0 Å². The summed E-state index contributed by atoms with van der Waals surface area (Å²) in [6.07, 6.45) is 8.08. The van der Waals surface area contributed by atoms with Crippen LogP contribution in [-0.4, -0.2) is 6.54 Å². The van der Waals surface area contributed by atoms with Gasteiger partial charge in [-0.15, -0.1) is 0 Å². The molecule has 0 spiro atoms. The van der Waals surface area contributed by atoms with Crippen molar-refractivity contribution < 1.29 is 0 Å². The number of rotatable bonds is 6. The van der Waals surface area contributed by atoms with Crippen LogP contribution in [0.5, 0.6) is 0 Å². The lowest BCUT2D eigenvalue weighted by atomic mass is 9.71. The van der Waals surface area contributed by atoms with Gasteiger partial charge in [0.05, 0.1) is 0 Å². The predicted molar refractivity (Wildman–Crippen MR) is 92.9 cm³/mol. The van der Waals surface area contributed by atoms with Gasteiger partial charge in [-0.05, 0) is 75.1 Å². The molecule has 1 nitrogen and oxygen atoms in total. The fourth-order valence-electron chi connectivity index (χ4n) is 4.49. The minimum atomic E-state index is 0.472. The normalized spacial score (nSPS) is 18.9. The smallest absolute Gasteiger partial charge is 0.0382 e. The van der Waals surface area contributed by atoms with Crippen LogP contribution in [0.15, 0.2) is 12.1 Å². The first-order chi connectivity index (χ1) is 10.0. The molecule has 1 aromatic rings. The summed E-state index contributed by atoms with van der Waals surface area (Å²) in [5, 5.41) is 3.92. The van der Waals surface area contributed by atoms with Gasteiger partial charge in [-0.3, -0.25) is 0 Å². The Morgan fingerprint density at radius 3 is 2.10 bits per heavy atom. The van der Waals surface area contributed by atoms with E-state index in [4.69, 9.17) is 0 Å². The van der Waals surface area contributed by atoms with Crippen LogP contribution in [0, 0.1) is 26.2 Å². The summed E-state index contributed by atoms with van der Waals surface area (Å²) in [7, 11) is 0.